The van der Waals surface area contributed by atoms with E-state index in [1.165, 1.54) is 36.7 Å². The highest BCUT2D eigenvalue weighted by Crippen LogP contribution is 2.19. The van der Waals surface area contributed by atoms with Crippen molar-refractivity contribution < 1.29 is 8.78 Å². The van der Waals surface area contributed by atoms with Gasteiger partial charge in [0.2, 0.25) is 0 Å². The van der Waals surface area contributed by atoms with Crippen molar-refractivity contribution >= 4 is 11.8 Å². The summed E-state index contributed by atoms with van der Waals surface area (Å²) < 4.78 is 25.6. The predicted octanol–water partition coefficient (Wildman–Crippen LogP) is 4.08. The molecule has 0 aliphatic heterocycles. The van der Waals surface area contributed by atoms with Crippen molar-refractivity contribution in [1.82, 2.24) is 5.32 Å². The Morgan fingerprint density at radius 1 is 1.17 bits per heavy atom. The molecule has 0 aliphatic carbocycles. The molecule has 0 bridgehead atoms. The molecule has 0 aromatic heterocycles. The minimum absolute atomic E-state index is 0.753. The van der Waals surface area contributed by atoms with E-state index < -0.39 is 11.6 Å². The first-order chi connectivity index (χ1) is 8.59. The van der Waals surface area contributed by atoms with Crippen LogP contribution in [0.2, 0.25) is 0 Å². The van der Waals surface area contributed by atoms with Gasteiger partial charge in [-0.15, -0.1) is 11.8 Å². The van der Waals surface area contributed by atoms with Crippen LogP contribution in [0.15, 0.2) is 23.1 Å². The van der Waals surface area contributed by atoms with Gasteiger partial charge in [-0.25, -0.2) is 8.78 Å². The zero-order chi connectivity index (χ0) is 13.4. The lowest BCUT2D eigenvalue weighted by atomic mass is 10.1. The van der Waals surface area contributed by atoms with Crippen LogP contribution < -0.4 is 5.32 Å². The lowest BCUT2D eigenvalue weighted by Gasteiger charge is -2.06. The van der Waals surface area contributed by atoms with Gasteiger partial charge in [-0.05, 0) is 43.5 Å². The Kier molecular flexibility index (Phi) is 7.28. The summed E-state index contributed by atoms with van der Waals surface area (Å²) in [5, 5.41) is 3.35. The van der Waals surface area contributed by atoms with Gasteiger partial charge in [0.1, 0.15) is 0 Å². The molecule has 1 N–H and O–H groups in total. The summed E-state index contributed by atoms with van der Waals surface area (Å²) in [5.41, 5.74) is 0. The number of halogens is 2. The first-order valence-electron chi connectivity index (χ1n) is 6.38. The van der Waals surface area contributed by atoms with Crippen molar-refractivity contribution in [3.63, 3.8) is 0 Å². The van der Waals surface area contributed by atoms with Crippen LogP contribution in [-0.4, -0.2) is 18.8 Å². The average molecular weight is 273 g/mol. The molecule has 0 saturated heterocycles. The molecule has 18 heavy (non-hydrogen) atoms. The second-order valence-electron chi connectivity index (χ2n) is 4.71. The summed E-state index contributed by atoms with van der Waals surface area (Å²) in [6.07, 6.45) is 2.43. The Bertz CT molecular complexity index is 356. The molecular weight excluding hydrogens is 252 g/mol. The van der Waals surface area contributed by atoms with E-state index in [1.54, 1.807) is 6.07 Å². The third-order valence-electron chi connectivity index (χ3n) is 2.57. The molecule has 1 aromatic carbocycles. The van der Waals surface area contributed by atoms with Crippen molar-refractivity contribution in [2.45, 2.75) is 31.6 Å². The first kappa shape index (κ1) is 15.4. The highest BCUT2D eigenvalue weighted by Gasteiger charge is 2.02. The normalized spacial score (nSPS) is 11.2. The molecule has 1 aromatic rings. The molecule has 0 amide bonds. The minimum Gasteiger partial charge on any atom is -0.316 e. The zero-order valence-corrected chi connectivity index (χ0v) is 11.8. The van der Waals surface area contributed by atoms with Crippen LogP contribution in [-0.2, 0) is 0 Å². The van der Waals surface area contributed by atoms with Crippen molar-refractivity contribution in [1.29, 1.82) is 0 Å². The molecule has 1 nitrogen and oxygen atoms in total. The summed E-state index contributed by atoms with van der Waals surface area (Å²) in [6.45, 7) is 6.36. The van der Waals surface area contributed by atoms with Crippen molar-refractivity contribution in [2.24, 2.45) is 5.92 Å². The van der Waals surface area contributed by atoms with E-state index in [0.29, 0.717) is 0 Å². The highest BCUT2D eigenvalue weighted by molar-refractivity contribution is 7.99. The molecule has 0 aliphatic rings. The van der Waals surface area contributed by atoms with Gasteiger partial charge in [0, 0.05) is 17.2 Å². The van der Waals surface area contributed by atoms with E-state index >= 15 is 0 Å². The summed E-state index contributed by atoms with van der Waals surface area (Å²) in [4.78, 5) is 0.776. The Morgan fingerprint density at radius 3 is 2.61 bits per heavy atom. The molecule has 0 unspecified atom stereocenters. The predicted molar refractivity (Wildman–Crippen MR) is 74.0 cm³/mol. The van der Waals surface area contributed by atoms with Gasteiger partial charge in [0.25, 0.3) is 0 Å². The van der Waals surface area contributed by atoms with Gasteiger partial charge < -0.3 is 5.32 Å². The van der Waals surface area contributed by atoms with Crippen LogP contribution in [0.25, 0.3) is 0 Å². The number of rotatable bonds is 8. The van der Waals surface area contributed by atoms with Crippen LogP contribution in [0.4, 0.5) is 8.78 Å². The lowest BCUT2D eigenvalue weighted by Crippen LogP contribution is -2.18. The van der Waals surface area contributed by atoms with Crippen LogP contribution in [0.5, 0.6) is 0 Å². The Labute approximate surface area is 112 Å². The molecule has 0 heterocycles. The lowest BCUT2D eigenvalue weighted by molar-refractivity contribution is 0.506. The topological polar surface area (TPSA) is 12.0 Å². The van der Waals surface area contributed by atoms with Crippen molar-refractivity contribution in [3.05, 3.63) is 29.8 Å². The van der Waals surface area contributed by atoms with E-state index in [0.717, 1.165) is 29.7 Å². The molecule has 102 valence electrons. The molecule has 0 saturated carbocycles. The maximum Gasteiger partial charge on any atom is 0.159 e. The third-order valence-corrected chi connectivity index (χ3v) is 3.57. The molecule has 0 atom stereocenters. The fourth-order valence-electron chi connectivity index (χ4n) is 1.57. The molecule has 0 fully saturated rings. The standard InChI is InChI=1S/C14H21F2NS/c1-11(2)4-3-7-17-8-9-18-12-5-6-13(15)14(16)10-12/h5-6,10-11,17H,3-4,7-9H2,1-2H3. The summed E-state index contributed by atoms with van der Waals surface area (Å²) in [6, 6.07) is 4.04. The van der Waals surface area contributed by atoms with Gasteiger partial charge >= 0.3 is 0 Å². The zero-order valence-electron chi connectivity index (χ0n) is 11.0. The number of hydrogen-bond acceptors (Lipinski definition) is 2. The van der Waals surface area contributed by atoms with Crippen LogP contribution in [0.3, 0.4) is 0 Å². The summed E-state index contributed by atoms with van der Waals surface area (Å²) in [5.74, 6) is 0.0617. The fraction of sp³-hybridized carbons (Fsp3) is 0.571. The Balaban J connectivity index is 2.09. The maximum absolute atomic E-state index is 12.9. The summed E-state index contributed by atoms with van der Waals surface area (Å²) >= 11 is 1.54. The van der Waals surface area contributed by atoms with Crippen LogP contribution >= 0.6 is 11.8 Å². The van der Waals surface area contributed by atoms with Gasteiger partial charge in [-0.1, -0.05) is 13.8 Å². The van der Waals surface area contributed by atoms with E-state index in [4.69, 9.17) is 0 Å². The number of nitrogens with one attached hydrogen (secondary N) is 1. The second kappa shape index (κ2) is 8.48. The van der Waals surface area contributed by atoms with E-state index in [2.05, 4.69) is 19.2 Å². The van der Waals surface area contributed by atoms with Crippen LogP contribution in [0.1, 0.15) is 26.7 Å². The van der Waals surface area contributed by atoms with Gasteiger partial charge in [0.05, 0.1) is 0 Å². The number of thioether (sulfide) groups is 1. The SMILES string of the molecule is CC(C)CCCNCCSc1ccc(F)c(F)c1. The van der Waals surface area contributed by atoms with Crippen LogP contribution in [0, 0.1) is 17.6 Å². The first-order valence-corrected chi connectivity index (χ1v) is 7.36. The minimum atomic E-state index is -0.786. The largest absolute Gasteiger partial charge is 0.316 e. The van der Waals surface area contributed by atoms with E-state index in [9.17, 15) is 8.78 Å². The third kappa shape index (κ3) is 6.36. The van der Waals surface area contributed by atoms with Gasteiger partial charge in [0.15, 0.2) is 11.6 Å². The molecule has 1 rings (SSSR count). The highest BCUT2D eigenvalue weighted by atomic mass is 32.2. The Morgan fingerprint density at radius 2 is 1.94 bits per heavy atom. The van der Waals surface area contributed by atoms with Crippen molar-refractivity contribution in [3.8, 4) is 0 Å². The van der Waals surface area contributed by atoms with E-state index in [1.807, 2.05) is 0 Å². The monoisotopic (exact) mass is 273 g/mol. The maximum atomic E-state index is 12.9. The van der Waals surface area contributed by atoms with Gasteiger partial charge in [-0.3, -0.25) is 0 Å². The average Bonchev–Trinajstić information content (AvgIpc) is 2.32. The molecule has 0 radical (unpaired) electrons. The smallest absolute Gasteiger partial charge is 0.159 e. The van der Waals surface area contributed by atoms with Gasteiger partial charge in [-0.2, -0.15) is 0 Å². The molecule has 4 heteroatoms. The van der Waals surface area contributed by atoms with E-state index in [-0.39, 0.29) is 0 Å². The molecular formula is C14H21F2NS. The number of hydrogen-bond donors (Lipinski definition) is 1. The fourth-order valence-corrected chi connectivity index (χ4v) is 2.40. The molecule has 0 spiro atoms. The second-order valence-corrected chi connectivity index (χ2v) is 5.88. The van der Waals surface area contributed by atoms with Crippen molar-refractivity contribution in [2.75, 3.05) is 18.8 Å². The quantitative estimate of drug-likeness (QED) is 0.566. The summed E-state index contributed by atoms with van der Waals surface area (Å²) in [7, 11) is 0. The Hall–Kier alpha value is -0.610. The number of benzene rings is 1.